The zero-order chi connectivity index (χ0) is 28.7. The van der Waals surface area contributed by atoms with Crippen LogP contribution in [0.5, 0.6) is 0 Å². The van der Waals surface area contributed by atoms with E-state index in [0.717, 1.165) is 36.2 Å². The van der Waals surface area contributed by atoms with Crippen molar-refractivity contribution >= 4 is 34.9 Å². The second-order valence-electron chi connectivity index (χ2n) is 11.2. The van der Waals surface area contributed by atoms with Gasteiger partial charge in [0.2, 0.25) is 0 Å². The molecule has 2 saturated carbocycles. The number of anilines is 3. The van der Waals surface area contributed by atoms with Crippen LogP contribution in [0.25, 0.3) is 0 Å². The van der Waals surface area contributed by atoms with Crippen molar-refractivity contribution in [2.45, 2.75) is 98.2 Å². The van der Waals surface area contributed by atoms with Crippen LogP contribution < -0.4 is 10.6 Å². The fourth-order valence-electron chi connectivity index (χ4n) is 6.25. The van der Waals surface area contributed by atoms with Crippen molar-refractivity contribution < 1.29 is 18.0 Å². The Bertz CT molecular complexity index is 1040. The van der Waals surface area contributed by atoms with Crippen molar-refractivity contribution in [3.05, 3.63) is 52.5 Å². The van der Waals surface area contributed by atoms with Gasteiger partial charge in [0.1, 0.15) is 6.29 Å². The first-order valence-electron chi connectivity index (χ1n) is 13.8. The van der Waals surface area contributed by atoms with E-state index in [0.29, 0.717) is 22.1 Å². The molecule has 7 heteroatoms. The van der Waals surface area contributed by atoms with E-state index < -0.39 is 11.7 Å². The van der Waals surface area contributed by atoms with Crippen LogP contribution in [0, 0.1) is 17.8 Å². The van der Waals surface area contributed by atoms with Gasteiger partial charge in [0, 0.05) is 17.4 Å². The van der Waals surface area contributed by atoms with Gasteiger partial charge in [-0.1, -0.05) is 45.4 Å². The molecule has 2 unspecified atom stereocenters. The molecule has 38 heavy (non-hydrogen) atoms. The average molecular weight is 553 g/mol. The largest absolute Gasteiger partial charge is 0.416 e. The number of carbonyl (C=O) groups excluding carboxylic acids is 1. The average Bonchev–Trinajstić information content (AvgIpc) is 2.80. The highest BCUT2D eigenvalue weighted by Gasteiger charge is 2.42. The predicted octanol–water partition coefficient (Wildman–Crippen LogP) is 10.3. The summed E-state index contributed by atoms with van der Waals surface area (Å²) in [6, 6.07) is 9.98. The van der Waals surface area contributed by atoms with Gasteiger partial charge in [-0.15, -0.1) is 0 Å². The Morgan fingerprint density at radius 1 is 1.00 bits per heavy atom. The van der Waals surface area contributed by atoms with E-state index in [2.05, 4.69) is 30.5 Å². The molecule has 0 radical (unpaired) electrons. The third kappa shape index (κ3) is 8.65. The number of rotatable bonds is 5. The molecule has 2 fully saturated rings. The van der Waals surface area contributed by atoms with Crippen molar-refractivity contribution in [2.24, 2.45) is 17.8 Å². The van der Waals surface area contributed by atoms with Crippen molar-refractivity contribution in [3.63, 3.8) is 0 Å². The molecule has 0 spiro atoms. The van der Waals surface area contributed by atoms with E-state index in [4.69, 9.17) is 16.4 Å². The molecule has 0 amide bonds. The number of aldehydes is 1. The molecular formula is C31H44ClF3N2O. The lowest BCUT2D eigenvalue weighted by Crippen LogP contribution is -2.38. The van der Waals surface area contributed by atoms with Crippen LogP contribution in [0.2, 0.25) is 5.02 Å². The third-order valence-corrected chi connectivity index (χ3v) is 7.59. The van der Waals surface area contributed by atoms with Gasteiger partial charge in [-0.2, -0.15) is 13.2 Å². The molecule has 2 bridgehead atoms. The Morgan fingerprint density at radius 3 is 2.05 bits per heavy atom. The summed E-state index contributed by atoms with van der Waals surface area (Å²) in [5.74, 6) is 2.35. The maximum Gasteiger partial charge on any atom is 0.416 e. The quantitative estimate of drug-likeness (QED) is 0.362. The number of fused-ring (bicyclic) bond motifs is 2. The van der Waals surface area contributed by atoms with Crippen molar-refractivity contribution in [2.75, 3.05) is 10.6 Å². The number of halogens is 4. The summed E-state index contributed by atoms with van der Waals surface area (Å²) in [5, 5.41) is 6.71. The molecule has 2 N–H and O–H groups in total. The van der Waals surface area contributed by atoms with Gasteiger partial charge in [0.15, 0.2) is 0 Å². The number of nitrogens with one attached hydrogen (secondary N) is 2. The maximum absolute atomic E-state index is 13.4. The molecule has 4 rings (SSSR count). The van der Waals surface area contributed by atoms with Gasteiger partial charge in [-0.05, 0) is 112 Å². The van der Waals surface area contributed by atoms with Gasteiger partial charge in [-0.25, -0.2) is 0 Å². The summed E-state index contributed by atoms with van der Waals surface area (Å²) in [6.07, 6.45) is 2.63. The highest BCUT2D eigenvalue weighted by molar-refractivity contribution is 6.33. The smallest absolute Gasteiger partial charge is 0.383 e. The standard InChI is InChI=1S/C27H34ClF3N2.C2H4O.C2H6/c1-16(2)32-22-10-21(27(29,30)31)11-23(13-22)33-25-6-5-20(12-24(25)28)26(4)14-18-7-17(3)8-19(9-18)15-26;1-2-3;1-2/h5-6,10-13,16-19,32-33H,7-9,14-15H2,1-4H3;2H,1H3;1-2H3. The monoisotopic (exact) mass is 552 g/mol. The predicted molar refractivity (Wildman–Crippen MR) is 155 cm³/mol. The fraction of sp³-hybridized carbons (Fsp3) is 0.581. The van der Waals surface area contributed by atoms with Crippen molar-refractivity contribution in [3.8, 4) is 0 Å². The Kier molecular flexibility index (Phi) is 11.6. The Hall–Kier alpha value is -2.21. The van der Waals surface area contributed by atoms with E-state index >= 15 is 0 Å². The molecule has 3 nitrogen and oxygen atoms in total. The zero-order valence-corrected chi connectivity index (χ0v) is 24.6. The summed E-state index contributed by atoms with van der Waals surface area (Å²) in [5.41, 5.74) is 2.02. The number of hydrogen-bond acceptors (Lipinski definition) is 3. The Morgan fingerprint density at radius 2 is 1.55 bits per heavy atom. The van der Waals surface area contributed by atoms with Crippen molar-refractivity contribution in [1.29, 1.82) is 0 Å². The van der Waals surface area contributed by atoms with Crippen LogP contribution in [0.1, 0.15) is 91.7 Å². The molecule has 0 aromatic heterocycles. The summed E-state index contributed by atoms with van der Waals surface area (Å²) in [6.45, 7) is 13.9. The van der Waals surface area contributed by atoms with E-state index in [1.807, 2.05) is 39.8 Å². The van der Waals surface area contributed by atoms with Crippen LogP contribution in [0.4, 0.5) is 30.2 Å². The molecule has 2 aliphatic rings. The summed E-state index contributed by atoms with van der Waals surface area (Å²) >= 11 is 6.66. The Labute approximate surface area is 231 Å². The molecule has 212 valence electrons. The minimum atomic E-state index is -4.43. The number of alkyl halides is 3. The Balaban J connectivity index is 0.000000947. The van der Waals surface area contributed by atoms with Crippen molar-refractivity contribution in [1.82, 2.24) is 0 Å². The summed E-state index contributed by atoms with van der Waals surface area (Å²) in [4.78, 5) is 8.81. The summed E-state index contributed by atoms with van der Waals surface area (Å²) in [7, 11) is 0. The molecule has 0 heterocycles. The maximum atomic E-state index is 13.4. The highest BCUT2D eigenvalue weighted by Crippen LogP contribution is 2.52. The lowest BCUT2D eigenvalue weighted by atomic mass is 9.57. The first-order valence-corrected chi connectivity index (χ1v) is 14.2. The van der Waals surface area contributed by atoms with E-state index in [-0.39, 0.29) is 11.5 Å². The third-order valence-electron chi connectivity index (χ3n) is 7.28. The SMILES string of the molecule is CC.CC1CC2CC(C1)CC(C)(c1ccc(Nc3cc(NC(C)C)cc(C(F)(F)F)c3)c(Cl)c1)C2.CC=O. The normalized spacial score (nSPS) is 24.4. The van der Waals surface area contributed by atoms with Crippen LogP contribution in [0.15, 0.2) is 36.4 Å². The minimum absolute atomic E-state index is 0.0166. The first-order chi connectivity index (χ1) is 17.8. The van der Waals surface area contributed by atoms with Crippen LogP contribution >= 0.6 is 11.6 Å². The van der Waals surface area contributed by atoms with Gasteiger partial charge in [-0.3, -0.25) is 0 Å². The van der Waals surface area contributed by atoms with Crippen LogP contribution in [-0.2, 0) is 16.4 Å². The van der Waals surface area contributed by atoms with Gasteiger partial charge in [0.05, 0.1) is 16.3 Å². The lowest BCUT2D eigenvalue weighted by molar-refractivity contribution is -0.137. The lowest BCUT2D eigenvalue weighted by Gasteiger charge is -2.47. The number of benzene rings is 2. The number of hydrogen-bond donors (Lipinski definition) is 2. The van der Waals surface area contributed by atoms with E-state index in [1.54, 1.807) is 6.07 Å². The van der Waals surface area contributed by atoms with Gasteiger partial charge >= 0.3 is 6.18 Å². The molecule has 0 aliphatic heterocycles. The minimum Gasteiger partial charge on any atom is -0.383 e. The molecule has 2 aromatic rings. The fourth-order valence-corrected chi connectivity index (χ4v) is 6.48. The highest BCUT2D eigenvalue weighted by atomic mass is 35.5. The van der Waals surface area contributed by atoms with E-state index in [9.17, 15) is 13.2 Å². The van der Waals surface area contributed by atoms with Crippen LogP contribution in [-0.4, -0.2) is 12.3 Å². The van der Waals surface area contributed by atoms with Gasteiger partial charge < -0.3 is 15.4 Å². The second-order valence-corrected chi connectivity index (χ2v) is 11.6. The number of carbonyl (C=O) groups is 1. The molecule has 0 saturated heterocycles. The zero-order valence-electron chi connectivity index (χ0n) is 23.8. The van der Waals surface area contributed by atoms with Crippen LogP contribution in [0.3, 0.4) is 0 Å². The molecule has 2 atom stereocenters. The molecular weight excluding hydrogens is 509 g/mol. The first kappa shape index (κ1) is 32.0. The summed E-state index contributed by atoms with van der Waals surface area (Å²) < 4.78 is 40.3. The molecule has 2 aromatic carbocycles. The molecule has 2 aliphatic carbocycles. The topological polar surface area (TPSA) is 41.1 Å². The van der Waals surface area contributed by atoms with Gasteiger partial charge in [0.25, 0.3) is 0 Å². The second kappa shape index (κ2) is 13.7. The van der Waals surface area contributed by atoms with E-state index in [1.165, 1.54) is 44.6 Å².